The van der Waals surface area contributed by atoms with E-state index in [9.17, 15) is 0 Å². The molecule has 1 heterocycles. The second-order valence-electron chi connectivity index (χ2n) is 4.53. The summed E-state index contributed by atoms with van der Waals surface area (Å²) in [7, 11) is 0. The molecule has 2 rings (SSSR count). The Morgan fingerprint density at radius 1 is 1.26 bits per heavy atom. The largest absolute Gasteiger partial charge is 0.494 e. The molecule has 3 heteroatoms. The van der Waals surface area contributed by atoms with Crippen molar-refractivity contribution in [2.75, 3.05) is 11.9 Å². The number of hydrogen-bond donors (Lipinski definition) is 1. The molecule has 0 saturated carbocycles. The van der Waals surface area contributed by atoms with Gasteiger partial charge in [-0.3, -0.25) is 4.98 Å². The minimum absolute atomic E-state index is 0.172. The van der Waals surface area contributed by atoms with E-state index in [1.807, 2.05) is 37.4 Å². The summed E-state index contributed by atoms with van der Waals surface area (Å²) >= 11 is 0. The number of nitrogens with one attached hydrogen (secondary N) is 1. The molecular weight excluding hydrogens is 236 g/mol. The summed E-state index contributed by atoms with van der Waals surface area (Å²) in [6.45, 7) is 6.88. The third-order valence-electron chi connectivity index (χ3n) is 3.10. The van der Waals surface area contributed by atoms with E-state index in [4.69, 9.17) is 4.74 Å². The molecule has 0 aliphatic heterocycles. The van der Waals surface area contributed by atoms with Gasteiger partial charge in [0.1, 0.15) is 5.75 Å². The molecule has 19 heavy (non-hydrogen) atoms. The topological polar surface area (TPSA) is 34.1 Å². The van der Waals surface area contributed by atoms with Gasteiger partial charge in [0, 0.05) is 11.8 Å². The summed E-state index contributed by atoms with van der Waals surface area (Å²) in [5.74, 6) is 0.937. The standard InChI is InChI=1S/C16H20N2O/c1-4-19-16-8-6-5-7-14(16)13(3)18-15-11-17-10-9-12(15)2/h5-11,13,18H,4H2,1-3H3. The Labute approximate surface area is 114 Å². The average molecular weight is 256 g/mol. The minimum Gasteiger partial charge on any atom is -0.494 e. The van der Waals surface area contributed by atoms with Crippen LogP contribution in [-0.2, 0) is 0 Å². The molecule has 3 nitrogen and oxygen atoms in total. The van der Waals surface area contributed by atoms with Gasteiger partial charge in [0.15, 0.2) is 0 Å². The molecule has 1 atom stereocenters. The van der Waals surface area contributed by atoms with Gasteiger partial charge < -0.3 is 10.1 Å². The Kier molecular flexibility index (Phi) is 4.39. The molecule has 0 spiro atoms. The summed E-state index contributed by atoms with van der Waals surface area (Å²) in [6.07, 6.45) is 3.66. The second kappa shape index (κ2) is 6.23. The number of pyridine rings is 1. The van der Waals surface area contributed by atoms with Gasteiger partial charge in [-0.05, 0) is 38.5 Å². The lowest BCUT2D eigenvalue weighted by atomic mass is 10.1. The Balaban J connectivity index is 2.20. The molecule has 0 fully saturated rings. The van der Waals surface area contributed by atoms with Gasteiger partial charge in [-0.15, -0.1) is 0 Å². The third-order valence-corrected chi connectivity index (χ3v) is 3.10. The quantitative estimate of drug-likeness (QED) is 0.879. The van der Waals surface area contributed by atoms with Crippen molar-refractivity contribution in [2.24, 2.45) is 0 Å². The Bertz CT molecular complexity index is 540. The SMILES string of the molecule is CCOc1ccccc1C(C)Nc1cnccc1C. The first-order valence-corrected chi connectivity index (χ1v) is 6.61. The number of nitrogens with zero attached hydrogens (tertiary/aromatic N) is 1. The molecular formula is C16H20N2O. The van der Waals surface area contributed by atoms with E-state index < -0.39 is 0 Å². The van der Waals surface area contributed by atoms with Gasteiger partial charge in [-0.25, -0.2) is 0 Å². The van der Waals surface area contributed by atoms with Crippen molar-refractivity contribution in [3.63, 3.8) is 0 Å². The van der Waals surface area contributed by atoms with Crippen molar-refractivity contribution >= 4 is 5.69 Å². The lowest BCUT2D eigenvalue weighted by molar-refractivity contribution is 0.335. The third kappa shape index (κ3) is 3.25. The average Bonchev–Trinajstić information content (AvgIpc) is 2.42. The molecule has 0 aliphatic rings. The van der Waals surface area contributed by atoms with Crippen LogP contribution in [0.15, 0.2) is 42.7 Å². The molecule has 0 amide bonds. The van der Waals surface area contributed by atoms with E-state index in [2.05, 4.69) is 30.2 Å². The van der Waals surface area contributed by atoms with E-state index in [1.165, 1.54) is 5.56 Å². The van der Waals surface area contributed by atoms with E-state index in [0.717, 1.165) is 17.0 Å². The van der Waals surface area contributed by atoms with Crippen molar-refractivity contribution in [2.45, 2.75) is 26.8 Å². The molecule has 0 aliphatic carbocycles. The number of anilines is 1. The summed E-state index contributed by atoms with van der Waals surface area (Å²) in [5, 5.41) is 3.48. The molecule has 1 aromatic carbocycles. The van der Waals surface area contributed by atoms with E-state index >= 15 is 0 Å². The Morgan fingerprint density at radius 2 is 2.05 bits per heavy atom. The molecule has 100 valence electrons. The van der Waals surface area contributed by atoms with Gasteiger partial charge in [0.2, 0.25) is 0 Å². The number of aryl methyl sites for hydroxylation is 1. The van der Waals surface area contributed by atoms with Crippen LogP contribution in [0.1, 0.15) is 31.0 Å². The molecule has 1 N–H and O–H groups in total. The predicted molar refractivity (Wildman–Crippen MR) is 78.6 cm³/mol. The molecule has 0 saturated heterocycles. The van der Waals surface area contributed by atoms with Crippen LogP contribution in [-0.4, -0.2) is 11.6 Å². The van der Waals surface area contributed by atoms with E-state index in [1.54, 1.807) is 6.20 Å². The summed E-state index contributed by atoms with van der Waals surface area (Å²) in [4.78, 5) is 4.16. The monoisotopic (exact) mass is 256 g/mol. The lowest BCUT2D eigenvalue weighted by Gasteiger charge is -2.19. The number of benzene rings is 1. The van der Waals surface area contributed by atoms with Gasteiger partial charge >= 0.3 is 0 Å². The summed E-state index contributed by atoms with van der Waals surface area (Å²) in [6, 6.07) is 10.3. The lowest BCUT2D eigenvalue weighted by Crippen LogP contribution is -2.10. The van der Waals surface area contributed by atoms with Crippen LogP contribution in [0, 0.1) is 6.92 Å². The van der Waals surface area contributed by atoms with Gasteiger partial charge in [0.05, 0.1) is 24.5 Å². The van der Waals surface area contributed by atoms with Crippen LogP contribution in [0.4, 0.5) is 5.69 Å². The number of para-hydroxylation sites is 1. The van der Waals surface area contributed by atoms with Crippen molar-refractivity contribution in [1.82, 2.24) is 4.98 Å². The summed E-state index contributed by atoms with van der Waals surface area (Å²) in [5.41, 5.74) is 3.41. The fourth-order valence-electron chi connectivity index (χ4n) is 2.05. The number of ether oxygens (including phenoxy) is 1. The fourth-order valence-corrected chi connectivity index (χ4v) is 2.05. The van der Waals surface area contributed by atoms with Gasteiger partial charge in [-0.2, -0.15) is 0 Å². The first kappa shape index (κ1) is 13.4. The van der Waals surface area contributed by atoms with Crippen LogP contribution >= 0.6 is 0 Å². The van der Waals surface area contributed by atoms with Crippen LogP contribution in [0.5, 0.6) is 5.75 Å². The van der Waals surface area contributed by atoms with Crippen molar-refractivity contribution < 1.29 is 4.74 Å². The summed E-state index contributed by atoms with van der Waals surface area (Å²) < 4.78 is 5.67. The van der Waals surface area contributed by atoms with Crippen molar-refractivity contribution in [1.29, 1.82) is 0 Å². The van der Waals surface area contributed by atoms with Crippen LogP contribution < -0.4 is 10.1 Å². The first-order chi connectivity index (χ1) is 9.22. The maximum Gasteiger partial charge on any atom is 0.124 e. The maximum absolute atomic E-state index is 5.67. The highest BCUT2D eigenvalue weighted by molar-refractivity contribution is 5.51. The predicted octanol–water partition coefficient (Wildman–Crippen LogP) is 3.96. The van der Waals surface area contributed by atoms with Crippen LogP contribution in [0.25, 0.3) is 0 Å². The molecule has 1 aromatic heterocycles. The van der Waals surface area contributed by atoms with E-state index in [-0.39, 0.29) is 6.04 Å². The highest BCUT2D eigenvalue weighted by Gasteiger charge is 2.11. The Hall–Kier alpha value is -2.03. The highest BCUT2D eigenvalue weighted by Crippen LogP contribution is 2.28. The second-order valence-corrected chi connectivity index (χ2v) is 4.53. The molecule has 1 unspecified atom stereocenters. The fraction of sp³-hybridized carbons (Fsp3) is 0.312. The van der Waals surface area contributed by atoms with Gasteiger partial charge in [-0.1, -0.05) is 18.2 Å². The highest BCUT2D eigenvalue weighted by atomic mass is 16.5. The zero-order valence-corrected chi connectivity index (χ0v) is 11.7. The van der Waals surface area contributed by atoms with Crippen LogP contribution in [0.3, 0.4) is 0 Å². The zero-order valence-electron chi connectivity index (χ0n) is 11.7. The number of hydrogen-bond acceptors (Lipinski definition) is 3. The maximum atomic E-state index is 5.67. The smallest absolute Gasteiger partial charge is 0.124 e. The Morgan fingerprint density at radius 3 is 2.79 bits per heavy atom. The number of aromatic nitrogens is 1. The zero-order chi connectivity index (χ0) is 13.7. The van der Waals surface area contributed by atoms with Crippen molar-refractivity contribution in [3.05, 3.63) is 53.9 Å². The van der Waals surface area contributed by atoms with Gasteiger partial charge in [0.25, 0.3) is 0 Å². The normalized spacial score (nSPS) is 11.9. The minimum atomic E-state index is 0.172. The molecule has 0 radical (unpaired) electrons. The van der Waals surface area contributed by atoms with Crippen molar-refractivity contribution in [3.8, 4) is 5.75 Å². The number of rotatable bonds is 5. The van der Waals surface area contributed by atoms with Crippen LogP contribution in [0.2, 0.25) is 0 Å². The molecule has 0 bridgehead atoms. The first-order valence-electron chi connectivity index (χ1n) is 6.61. The molecule has 2 aromatic rings. The van der Waals surface area contributed by atoms with E-state index in [0.29, 0.717) is 6.61 Å².